The Morgan fingerprint density at radius 2 is 2.19 bits per heavy atom. The summed E-state index contributed by atoms with van der Waals surface area (Å²) >= 11 is 1.74. The summed E-state index contributed by atoms with van der Waals surface area (Å²) in [5.74, 6) is 0.772. The molecular formula is C13H13NOS. The van der Waals surface area contributed by atoms with E-state index in [2.05, 4.69) is 11.1 Å². The Morgan fingerprint density at radius 3 is 3.00 bits per heavy atom. The minimum atomic E-state index is 0.374. The third-order valence-electron chi connectivity index (χ3n) is 3.14. The van der Waals surface area contributed by atoms with Crippen LogP contribution in [0.15, 0.2) is 24.3 Å². The van der Waals surface area contributed by atoms with Gasteiger partial charge in [0.05, 0.1) is 15.2 Å². The Morgan fingerprint density at radius 1 is 1.31 bits per heavy atom. The second kappa shape index (κ2) is 3.98. The number of fused-ring (bicyclic) bond motifs is 1. The van der Waals surface area contributed by atoms with Crippen molar-refractivity contribution in [1.82, 2.24) is 4.98 Å². The molecule has 3 heteroatoms. The molecule has 0 bridgehead atoms. The van der Waals surface area contributed by atoms with Crippen LogP contribution in [0.1, 0.15) is 36.6 Å². The fourth-order valence-electron chi connectivity index (χ4n) is 2.30. The molecule has 0 saturated heterocycles. The summed E-state index contributed by atoms with van der Waals surface area (Å²) in [6, 6.07) is 8.19. The molecule has 1 fully saturated rings. The Labute approximate surface area is 98.3 Å². The Hall–Kier alpha value is -1.22. The van der Waals surface area contributed by atoms with Gasteiger partial charge in [-0.05, 0) is 25.0 Å². The van der Waals surface area contributed by atoms with E-state index in [1.54, 1.807) is 11.3 Å². The van der Waals surface area contributed by atoms with Crippen molar-refractivity contribution in [2.45, 2.75) is 31.6 Å². The van der Waals surface area contributed by atoms with Gasteiger partial charge in [0.25, 0.3) is 0 Å². The lowest BCUT2D eigenvalue weighted by atomic mass is 9.89. The first kappa shape index (κ1) is 9.97. The summed E-state index contributed by atoms with van der Waals surface area (Å²) < 4.78 is 1.23. The molecule has 0 spiro atoms. The van der Waals surface area contributed by atoms with Gasteiger partial charge in [0.15, 0.2) is 0 Å². The predicted octanol–water partition coefficient (Wildman–Crippen LogP) is 3.52. The number of carbonyl (C=O) groups excluding carboxylic acids is 1. The zero-order valence-electron chi connectivity index (χ0n) is 8.98. The number of Topliss-reactive ketones (excluding diaryl/α,β-unsaturated/α-hetero) is 1. The van der Waals surface area contributed by atoms with E-state index in [0.29, 0.717) is 18.1 Å². The summed E-state index contributed by atoms with van der Waals surface area (Å²) in [5, 5.41) is 1.15. The zero-order chi connectivity index (χ0) is 11.0. The van der Waals surface area contributed by atoms with Gasteiger partial charge in [-0.3, -0.25) is 4.79 Å². The standard InChI is InChI=1S/C13H13NOS/c15-10-5-3-4-9(8-10)13-14-11-6-1-2-7-12(11)16-13/h1-2,6-7,9H,3-5,8H2. The van der Waals surface area contributed by atoms with Crippen LogP contribution in [0.3, 0.4) is 0 Å². The third kappa shape index (κ3) is 1.76. The average Bonchev–Trinajstić information content (AvgIpc) is 2.72. The molecule has 16 heavy (non-hydrogen) atoms. The van der Waals surface area contributed by atoms with E-state index in [4.69, 9.17) is 0 Å². The van der Waals surface area contributed by atoms with E-state index < -0.39 is 0 Å². The van der Waals surface area contributed by atoms with Crippen molar-refractivity contribution in [1.29, 1.82) is 0 Å². The normalized spacial score (nSPS) is 21.5. The van der Waals surface area contributed by atoms with E-state index >= 15 is 0 Å². The molecule has 1 heterocycles. The van der Waals surface area contributed by atoms with Crippen molar-refractivity contribution >= 4 is 27.3 Å². The van der Waals surface area contributed by atoms with Gasteiger partial charge in [0.1, 0.15) is 5.78 Å². The average molecular weight is 231 g/mol. The molecule has 1 atom stereocenters. The van der Waals surface area contributed by atoms with E-state index in [-0.39, 0.29) is 0 Å². The Kier molecular flexibility index (Phi) is 2.48. The van der Waals surface area contributed by atoms with Crippen LogP contribution in [0.4, 0.5) is 0 Å². The molecular weight excluding hydrogens is 218 g/mol. The summed E-state index contributed by atoms with van der Waals surface area (Å²) in [4.78, 5) is 16.1. The molecule has 2 aromatic rings. The number of hydrogen-bond donors (Lipinski definition) is 0. The molecule has 1 aliphatic rings. The van der Waals surface area contributed by atoms with Crippen molar-refractivity contribution in [2.24, 2.45) is 0 Å². The van der Waals surface area contributed by atoms with Gasteiger partial charge in [-0.1, -0.05) is 12.1 Å². The summed E-state index contributed by atoms with van der Waals surface area (Å²) in [5.41, 5.74) is 1.07. The van der Waals surface area contributed by atoms with Crippen molar-refractivity contribution in [3.63, 3.8) is 0 Å². The molecule has 1 aromatic heterocycles. The van der Waals surface area contributed by atoms with Gasteiger partial charge < -0.3 is 0 Å². The van der Waals surface area contributed by atoms with Gasteiger partial charge in [-0.2, -0.15) is 0 Å². The van der Waals surface area contributed by atoms with Gasteiger partial charge in [-0.25, -0.2) is 4.98 Å². The monoisotopic (exact) mass is 231 g/mol. The van der Waals surface area contributed by atoms with Crippen LogP contribution in [0.5, 0.6) is 0 Å². The minimum Gasteiger partial charge on any atom is -0.300 e. The van der Waals surface area contributed by atoms with Crippen LogP contribution in [-0.4, -0.2) is 10.8 Å². The molecule has 0 radical (unpaired) electrons. The topological polar surface area (TPSA) is 30.0 Å². The number of benzene rings is 1. The van der Waals surface area contributed by atoms with E-state index in [1.807, 2.05) is 18.2 Å². The molecule has 1 aliphatic carbocycles. The van der Waals surface area contributed by atoms with Gasteiger partial charge in [0, 0.05) is 18.8 Å². The molecule has 1 aromatic carbocycles. The smallest absolute Gasteiger partial charge is 0.133 e. The van der Waals surface area contributed by atoms with Gasteiger partial charge in [0.2, 0.25) is 0 Å². The molecule has 1 saturated carbocycles. The van der Waals surface area contributed by atoms with Crippen molar-refractivity contribution < 1.29 is 4.79 Å². The third-order valence-corrected chi connectivity index (χ3v) is 4.34. The van der Waals surface area contributed by atoms with Crippen LogP contribution in [0.25, 0.3) is 10.2 Å². The maximum Gasteiger partial charge on any atom is 0.133 e. The highest BCUT2D eigenvalue weighted by Crippen LogP contribution is 2.35. The highest BCUT2D eigenvalue weighted by atomic mass is 32.1. The Balaban J connectivity index is 1.96. The molecule has 1 unspecified atom stereocenters. The quantitative estimate of drug-likeness (QED) is 0.751. The molecule has 0 aliphatic heterocycles. The fourth-order valence-corrected chi connectivity index (χ4v) is 3.40. The number of nitrogens with zero attached hydrogens (tertiary/aromatic N) is 1. The van der Waals surface area contributed by atoms with Crippen LogP contribution in [0.2, 0.25) is 0 Å². The Bertz CT molecular complexity index is 498. The summed E-state index contributed by atoms with van der Waals surface area (Å²) in [7, 11) is 0. The summed E-state index contributed by atoms with van der Waals surface area (Å²) in [6.45, 7) is 0. The number of thiazole rings is 1. The number of ketones is 1. The second-order valence-electron chi connectivity index (χ2n) is 4.35. The second-order valence-corrected chi connectivity index (χ2v) is 5.41. The highest BCUT2D eigenvalue weighted by Gasteiger charge is 2.23. The van der Waals surface area contributed by atoms with Crippen molar-refractivity contribution in [2.75, 3.05) is 0 Å². The fraction of sp³-hybridized carbons (Fsp3) is 0.385. The van der Waals surface area contributed by atoms with E-state index in [0.717, 1.165) is 29.8 Å². The molecule has 2 nitrogen and oxygen atoms in total. The largest absolute Gasteiger partial charge is 0.300 e. The van der Waals surface area contributed by atoms with Gasteiger partial charge in [-0.15, -0.1) is 11.3 Å². The first-order valence-electron chi connectivity index (χ1n) is 5.70. The summed E-state index contributed by atoms with van der Waals surface area (Å²) in [6.07, 6.45) is 3.60. The maximum atomic E-state index is 11.4. The lowest BCUT2D eigenvalue weighted by Gasteiger charge is -2.17. The number of aromatic nitrogens is 1. The van der Waals surface area contributed by atoms with Crippen LogP contribution in [-0.2, 0) is 4.79 Å². The zero-order valence-corrected chi connectivity index (χ0v) is 9.80. The number of para-hydroxylation sites is 1. The molecule has 82 valence electrons. The van der Waals surface area contributed by atoms with E-state index in [9.17, 15) is 4.79 Å². The van der Waals surface area contributed by atoms with Crippen molar-refractivity contribution in [3.8, 4) is 0 Å². The highest BCUT2D eigenvalue weighted by molar-refractivity contribution is 7.18. The number of carbonyl (C=O) groups is 1. The predicted molar refractivity (Wildman–Crippen MR) is 65.8 cm³/mol. The molecule has 0 amide bonds. The first-order valence-corrected chi connectivity index (χ1v) is 6.52. The van der Waals surface area contributed by atoms with Crippen LogP contribution in [0, 0.1) is 0 Å². The molecule has 0 N–H and O–H groups in total. The lowest BCUT2D eigenvalue weighted by molar-refractivity contribution is -0.120. The molecule has 3 rings (SSSR count). The van der Waals surface area contributed by atoms with Crippen molar-refractivity contribution in [3.05, 3.63) is 29.3 Å². The maximum absolute atomic E-state index is 11.4. The first-order chi connectivity index (χ1) is 7.83. The number of rotatable bonds is 1. The van der Waals surface area contributed by atoms with E-state index in [1.165, 1.54) is 4.70 Å². The lowest BCUT2D eigenvalue weighted by Crippen LogP contribution is -2.12. The SMILES string of the molecule is O=C1CCCC(c2nc3ccccc3s2)C1. The minimum absolute atomic E-state index is 0.374. The van der Waals surface area contributed by atoms with Crippen LogP contribution >= 0.6 is 11.3 Å². The number of hydrogen-bond acceptors (Lipinski definition) is 3. The van der Waals surface area contributed by atoms with Crippen LogP contribution < -0.4 is 0 Å². The van der Waals surface area contributed by atoms with Gasteiger partial charge >= 0.3 is 0 Å².